The van der Waals surface area contributed by atoms with Gasteiger partial charge < -0.3 is 14.4 Å². The summed E-state index contributed by atoms with van der Waals surface area (Å²) in [5.74, 6) is -0.377. The van der Waals surface area contributed by atoms with Crippen molar-refractivity contribution in [2.45, 2.75) is 46.6 Å². The van der Waals surface area contributed by atoms with Crippen LogP contribution in [0.25, 0.3) is 0 Å². The maximum Gasteiger partial charge on any atom is 0.307 e. The van der Waals surface area contributed by atoms with Crippen LogP contribution in [0.15, 0.2) is 18.2 Å². The molecule has 0 aliphatic rings. The first-order valence-corrected chi connectivity index (χ1v) is 8.40. The lowest BCUT2D eigenvalue weighted by molar-refractivity contribution is -0.140. The second-order valence-electron chi connectivity index (χ2n) is 6.19. The van der Waals surface area contributed by atoms with Crippen molar-refractivity contribution in [3.8, 4) is 0 Å². The van der Waals surface area contributed by atoms with Gasteiger partial charge in [0.15, 0.2) is 0 Å². The number of carbonyl (C=O) groups is 2. The number of esters is 1. The van der Waals surface area contributed by atoms with E-state index in [2.05, 4.69) is 4.74 Å². The molecule has 1 aromatic carbocycles. The molecular weight excluding hydrogens is 306 g/mol. The number of methoxy groups -OCH3 is 1. The average molecular weight is 335 g/mol. The number of nitrogens with zero attached hydrogens (tertiary/aromatic N) is 1. The van der Waals surface area contributed by atoms with Gasteiger partial charge in [-0.1, -0.05) is 6.07 Å². The van der Waals surface area contributed by atoms with E-state index in [1.54, 1.807) is 4.90 Å². The van der Waals surface area contributed by atoms with Crippen LogP contribution in [0.1, 0.15) is 48.2 Å². The minimum atomic E-state index is -0.314. The van der Waals surface area contributed by atoms with E-state index < -0.39 is 0 Å². The first-order valence-electron chi connectivity index (χ1n) is 8.40. The van der Waals surface area contributed by atoms with E-state index in [9.17, 15) is 9.59 Å². The van der Waals surface area contributed by atoms with Crippen LogP contribution in [0.5, 0.6) is 0 Å². The summed E-state index contributed by atoms with van der Waals surface area (Å²) in [4.78, 5) is 25.9. The van der Waals surface area contributed by atoms with E-state index in [4.69, 9.17) is 4.74 Å². The molecule has 0 radical (unpaired) electrons. The summed E-state index contributed by atoms with van der Waals surface area (Å²) in [5.41, 5.74) is 2.88. The normalized spacial score (nSPS) is 10.8. The van der Waals surface area contributed by atoms with Crippen molar-refractivity contribution in [3.63, 3.8) is 0 Å². The van der Waals surface area contributed by atoms with Gasteiger partial charge in [-0.3, -0.25) is 9.59 Å². The summed E-state index contributed by atoms with van der Waals surface area (Å²) in [7, 11) is 1.36. The van der Waals surface area contributed by atoms with Crippen LogP contribution in [-0.2, 0) is 14.3 Å². The Morgan fingerprint density at radius 1 is 1.12 bits per heavy atom. The van der Waals surface area contributed by atoms with E-state index >= 15 is 0 Å². The lowest BCUT2D eigenvalue weighted by atomic mass is 10.1. The van der Waals surface area contributed by atoms with Gasteiger partial charge in [0.05, 0.1) is 19.6 Å². The summed E-state index contributed by atoms with van der Waals surface area (Å²) in [6, 6.07) is 5.68. The molecule has 0 aliphatic heterocycles. The highest BCUT2D eigenvalue weighted by Gasteiger charge is 2.17. The topological polar surface area (TPSA) is 55.8 Å². The lowest BCUT2D eigenvalue weighted by Crippen LogP contribution is -2.34. The number of rotatable bonds is 9. The van der Waals surface area contributed by atoms with Crippen molar-refractivity contribution >= 4 is 11.9 Å². The number of amides is 1. The van der Waals surface area contributed by atoms with Crippen molar-refractivity contribution in [3.05, 3.63) is 34.9 Å². The summed E-state index contributed by atoms with van der Waals surface area (Å²) < 4.78 is 10.2. The minimum Gasteiger partial charge on any atom is -0.469 e. The smallest absolute Gasteiger partial charge is 0.307 e. The predicted molar refractivity (Wildman–Crippen MR) is 94.2 cm³/mol. The molecule has 0 N–H and O–H groups in total. The maximum atomic E-state index is 12.8. The molecule has 0 aliphatic carbocycles. The largest absolute Gasteiger partial charge is 0.469 e. The third-order valence-electron chi connectivity index (χ3n) is 3.88. The van der Waals surface area contributed by atoms with Gasteiger partial charge >= 0.3 is 5.97 Å². The van der Waals surface area contributed by atoms with Gasteiger partial charge in [0.2, 0.25) is 0 Å². The molecule has 0 fully saturated rings. The molecule has 1 aromatic rings. The monoisotopic (exact) mass is 335 g/mol. The molecule has 5 nitrogen and oxygen atoms in total. The number of aryl methyl sites for hydroxylation is 2. The summed E-state index contributed by atoms with van der Waals surface area (Å²) in [5, 5.41) is 0. The molecule has 134 valence electrons. The Morgan fingerprint density at radius 2 is 1.83 bits per heavy atom. The first-order chi connectivity index (χ1) is 11.3. The highest BCUT2D eigenvalue weighted by Crippen LogP contribution is 2.13. The predicted octanol–water partition coefficient (Wildman–Crippen LogP) is 3.12. The highest BCUT2D eigenvalue weighted by molar-refractivity contribution is 5.94. The van der Waals surface area contributed by atoms with Gasteiger partial charge in [-0.25, -0.2) is 0 Å². The van der Waals surface area contributed by atoms with Crippen molar-refractivity contribution in [1.29, 1.82) is 0 Å². The van der Waals surface area contributed by atoms with Gasteiger partial charge in [0, 0.05) is 25.3 Å². The Kier molecular flexibility index (Phi) is 8.47. The zero-order chi connectivity index (χ0) is 18.1. The second kappa shape index (κ2) is 10.1. The minimum absolute atomic E-state index is 0.0634. The number of hydrogen-bond acceptors (Lipinski definition) is 4. The number of hydrogen-bond donors (Lipinski definition) is 0. The van der Waals surface area contributed by atoms with E-state index in [-0.39, 0.29) is 24.4 Å². The standard InChI is InChI=1S/C19H29NO4/c1-14(2)24-12-6-10-20(11-9-18(21)23-5)19(22)17-8-7-15(3)16(4)13-17/h7-8,13-14H,6,9-12H2,1-5H3. The molecule has 0 unspecified atom stereocenters. The molecule has 0 atom stereocenters. The molecule has 0 saturated carbocycles. The molecule has 24 heavy (non-hydrogen) atoms. The average Bonchev–Trinajstić information content (AvgIpc) is 2.55. The van der Waals surface area contributed by atoms with Crippen LogP contribution in [0.3, 0.4) is 0 Å². The molecule has 0 saturated heterocycles. The Balaban J connectivity index is 2.75. The molecule has 0 aromatic heterocycles. The van der Waals surface area contributed by atoms with Crippen LogP contribution in [0.2, 0.25) is 0 Å². The van der Waals surface area contributed by atoms with Crippen LogP contribution in [-0.4, -0.2) is 49.7 Å². The van der Waals surface area contributed by atoms with Crippen LogP contribution in [0, 0.1) is 13.8 Å². The third kappa shape index (κ3) is 6.71. The van der Waals surface area contributed by atoms with E-state index in [0.29, 0.717) is 25.3 Å². The van der Waals surface area contributed by atoms with Crippen molar-refractivity contribution in [2.75, 3.05) is 26.8 Å². The fourth-order valence-corrected chi connectivity index (χ4v) is 2.27. The highest BCUT2D eigenvalue weighted by atomic mass is 16.5. The first kappa shape index (κ1) is 20.2. The lowest BCUT2D eigenvalue weighted by Gasteiger charge is -2.23. The molecule has 1 rings (SSSR count). The van der Waals surface area contributed by atoms with Crippen molar-refractivity contribution < 1.29 is 19.1 Å². The maximum absolute atomic E-state index is 12.8. The molecule has 5 heteroatoms. The molecule has 0 heterocycles. The van der Waals surface area contributed by atoms with Gasteiger partial charge in [0.25, 0.3) is 5.91 Å². The third-order valence-corrected chi connectivity index (χ3v) is 3.88. The molecular formula is C19H29NO4. The van der Waals surface area contributed by atoms with Crippen LogP contribution in [0.4, 0.5) is 0 Å². The molecule has 0 bridgehead atoms. The van der Waals surface area contributed by atoms with Crippen LogP contribution < -0.4 is 0 Å². The fourth-order valence-electron chi connectivity index (χ4n) is 2.27. The summed E-state index contributed by atoms with van der Waals surface area (Å²) >= 11 is 0. The number of ether oxygens (including phenoxy) is 2. The fraction of sp³-hybridized carbons (Fsp3) is 0.579. The Bertz CT molecular complexity index is 554. The Labute approximate surface area is 144 Å². The van der Waals surface area contributed by atoms with Gasteiger partial charge in [-0.15, -0.1) is 0 Å². The zero-order valence-corrected chi connectivity index (χ0v) is 15.4. The quantitative estimate of drug-likeness (QED) is 0.514. The van der Waals surface area contributed by atoms with Crippen LogP contribution >= 0.6 is 0 Å². The zero-order valence-electron chi connectivity index (χ0n) is 15.4. The number of carbonyl (C=O) groups excluding carboxylic acids is 2. The Morgan fingerprint density at radius 3 is 2.42 bits per heavy atom. The van der Waals surface area contributed by atoms with Gasteiger partial charge in [-0.05, 0) is 57.4 Å². The van der Waals surface area contributed by atoms with E-state index in [1.807, 2.05) is 45.9 Å². The van der Waals surface area contributed by atoms with Crippen molar-refractivity contribution in [2.24, 2.45) is 0 Å². The SMILES string of the molecule is COC(=O)CCN(CCCOC(C)C)C(=O)c1ccc(C)c(C)c1. The van der Waals surface area contributed by atoms with E-state index in [0.717, 1.165) is 17.5 Å². The molecule has 0 spiro atoms. The molecule has 1 amide bonds. The Hall–Kier alpha value is -1.88. The van der Waals surface area contributed by atoms with Gasteiger partial charge in [-0.2, -0.15) is 0 Å². The van der Waals surface area contributed by atoms with Gasteiger partial charge in [0.1, 0.15) is 0 Å². The van der Waals surface area contributed by atoms with E-state index in [1.165, 1.54) is 7.11 Å². The van der Waals surface area contributed by atoms with Crippen molar-refractivity contribution in [1.82, 2.24) is 4.90 Å². The summed E-state index contributed by atoms with van der Waals surface area (Å²) in [6.45, 7) is 9.45. The number of benzene rings is 1. The summed E-state index contributed by atoms with van der Waals surface area (Å²) in [6.07, 6.45) is 1.10. The second-order valence-corrected chi connectivity index (χ2v) is 6.19.